The predicted molar refractivity (Wildman–Crippen MR) is 175 cm³/mol. The van der Waals surface area contributed by atoms with E-state index in [-0.39, 0.29) is 18.4 Å². The molecule has 5 rings (SSSR count). The molecular weight excluding hydrogens is 552 g/mol. The molecule has 0 unspecified atom stereocenters. The highest BCUT2D eigenvalue weighted by molar-refractivity contribution is 6.37. The van der Waals surface area contributed by atoms with Crippen molar-refractivity contribution < 1.29 is 19.1 Å². The van der Waals surface area contributed by atoms with Crippen molar-refractivity contribution in [2.45, 2.75) is 19.9 Å². The molecule has 0 saturated heterocycles. The SMILES string of the molecule is CCOC(=O)c1ccc2c(c1)NC(=O)/C2=C(\Nc1ccc(N(C)C(=O)CCN(C)Cc2ccccc2)cc1)c1ccccc1. The van der Waals surface area contributed by atoms with E-state index in [2.05, 4.69) is 27.7 Å². The fourth-order valence-corrected chi connectivity index (χ4v) is 5.13. The van der Waals surface area contributed by atoms with Gasteiger partial charge in [-0.1, -0.05) is 66.7 Å². The van der Waals surface area contributed by atoms with E-state index in [9.17, 15) is 14.4 Å². The van der Waals surface area contributed by atoms with Crippen LogP contribution < -0.4 is 15.5 Å². The molecule has 0 aliphatic carbocycles. The summed E-state index contributed by atoms with van der Waals surface area (Å²) < 4.78 is 5.12. The van der Waals surface area contributed by atoms with Crippen LogP contribution in [0.5, 0.6) is 0 Å². The Morgan fingerprint density at radius 1 is 0.841 bits per heavy atom. The highest BCUT2D eigenvalue weighted by Crippen LogP contribution is 2.38. The maximum absolute atomic E-state index is 13.3. The van der Waals surface area contributed by atoms with E-state index in [4.69, 9.17) is 4.74 Å². The summed E-state index contributed by atoms with van der Waals surface area (Å²) in [6.07, 6.45) is 0.399. The molecule has 0 spiro atoms. The van der Waals surface area contributed by atoms with Crippen molar-refractivity contribution in [3.63, 3.8) is 0 Å². The van der Waals surface area contributed by atoms with Crippen molar-refractivity contribution >= 4 is 46.1 Å². The van der Waals surface area contributed by atoms with Gasteiger partial charge in [0.25, 0.3) is 5.91 Å². The van der Waals surface area contributed by atoms with Gasteiger partial charge in [-0.25, -0.2) is 4.79 Å². The third kappa shape index (κ3) is 7.04. The van der Waals surface area contributed by atoms with Gasteiger partial charge in [0.05, 0.1) is 29.1 Å². The third-order valence-electron chi connectivity index (χ3n) is 7.49. The number of carbonyl (C=O) groups excluding carboxylic acids is 3. The quantitative estimate of drug-likeness (QED) is 0.158. The topological polar surface area (TPSA) is 91.0 Å². The van der Waals surface area contributed by atoms with Crippen molar-refractivity contribution in [3.8, 4) is 0 Å². The Hall–Kier alpha value is -5.21. The van der Waals surface area contributed by atoms with Gasteiger partial charge < -0.3 is 25.2 Å². The zero-order valence-corrected chi connectivity index (χ0v) is 25.2. The first kappa shape index (κ1) is 30.3. The van der Waals surface area contributed by atoms with Crippen LogP contribution in [0.25, 0.3) is 11.3 Å². The van der Waals surface area contributed by atoms with Crippen molar-refractivity contribution in [2.75, 3.05) is 42.8 Å². The van der Waals surface area contributed by atoms with Crippen LogP contribution >= 0.6 is 0 Å². The lowest BCUT2D eigenvalue weighted by Gasteiger charge is -2.21. The van der Waals surface area contributed by atoms with E-state index in [0.29, 0.717) is 41.1 Å². The average molecular weight is 589 g/mol. The maximum Gasteiger partial charge on any atom is 0.338 e. The normalized spacial score (nSPS) is 13.2. The molecule has 2 amide bonds. The van der Waals surface area contributed by atoms with Crippen LogP contribution in [0.3, 0.4) is 0 Å². The van der Waals surface area contributed by atoms with Crippen LogP contribution in [-0.2, 0) is 20.9 Å². The number of esters is 1. The highest BCUT2D eigenvalue weighted by Gasteiger charge is 2.29. The molecular formula is C36H36N4O4. The zero-order chi connectivity index (χ0) is 31.1. The molecule has 1 aliphatic heterocycles. The summed E-state index contributed by atoms with van der Waals surface area (Å²) in [4.78, 5) is 42.4. The molecule has 0 atom stereocenters. The molecule has 8 nitrogen and oxygen atoms in total. The molecule has 44 heavy (non-hydrogen) atoms. The third-order valence-corrected chi connectivity index (χ3v) is 7.49. The molecule has 0 saturated carbocycles. The number of fused-ring (bicyclic) bond motifs is 1. The highest BCUT2D eigenvalue weighted by atomic mass is 16.5. The number of anilines is 3. The number of nitrogens with one attached hydrogen (secondary N) is 2. The first-order chi connectivity index (χ1) is 21.3. The number of hydrogen-bond donors (Lipinski definition) is 2. The fraction of sp³-hybridized carbons (Fsp3) is 0.194. The van der Waals surface area contributed by atoms with Crippen molar-refractivity contribution in [2.24, 2.45) is 0 Å². The van der Waals surface area contributed by atoms with Gasteiger partial charge in [-0.05, 0) is 61.5 Å². The van der Waals surface area contributed by atoms with Crippen LogP contribution in [0.15, 0.2) is 103 Å². The second-order valence-electron chi connectivity index (χ2n) is 10.6. The van der Waals surface area contributed by atoms with Crippen LogP contribution in [-0.4, -0.2) is 49.9 Å². The van der Waals surface area contributed by atoms with Crippen LogP contribution in [0, 0.1) is 0 Å². The van der Waals surface area contributed by atoms with Crippen molar-refractivity contribution in [1.29, 1.82) is 0 Å². The van der Waals surface area contributed by atoms with Gasteiger partial charge in [0, 0.05) is 43.5 Å². The fourth-order valence-electron chi connectivity index (χ4n) is 5.13. The van der Waals surface area contributed by atoms with Gasteiger partial charge in [-0.15, -0.1) is 0 Å². The van der Waals surface area contributed by atoms with Gasteiger partial charge in [0.1, 0.15) is 0 Å². The number of nitrogens with zero attached hydrogens (tertiary/aromatic N) is 2. The number of ether oxygens (including phenoxy) is 1. The molecule has 1 aliphatic rings. The Kier molecular flexibility index (Phi) is 9.52. The molecule has 0 bridgehead atoms. The minimum atomic E-state index is -0.439. The number of carbonyl (C=O) groups is 3. The average Bonchev–Trinajstić information content (AvgIpc) is 3.38. The van der Waals surface area contributed by atoms with E-state index in [1.165, 1.54) is 5.56 Å². The summed E-state index contributed by atoms with van der Waals surface area (Å²) in [5.41, 5.74) is 6.29. The molecule has 8 heteroatoms. The Bertz CT molecular complexity index is 1670. The van der Waals surface area contributed by atoms with E-state index in [1.54, 1.807) is 37.1 Å². The molecule has 0 aromatic heterocycles. The summed E-state index contributed by atoms with van der Waals surface area (Å²) in [7, 11) is 3.80. The summed E-state index contributed by atoms with van der Waals surface area (Å²) in [5, 5.41) is 6.34. The zero-order valence-electron chi connectivity index (χ0n) is 25.2. The van der Waals surface area contributed by atoms with E-state index < -0.39 is 5.97 Å². The minimum Gasteiger partial charge on any atom is -0.462 e. The lowest BCUT2D eigenvalue weighted by molar-refractivity contribution is -0.118. The molecule has 0 radical (unpaired) electrons. The summed E-state index contributed by atoms with van der Waals surface area (Å²) >= 11 is 0. The Morgan fingerprint density at radius 2 is 1.52 bits per heavy atom. The predicted octanol–water partition coefficient (Wildman–Crippen LogP) is 6.28. The number of amides is 2. The van der Waals surface area contributed by atoms with E-state index in [0.717, 1.165) is 23.5 Å². The largest absolute Gasteiger partial charge is 0.462 e. The van der Waals surface area contributed by atoms with Crippen molar-refractivity contribution in [3.05, 3.63) is 125 Å². The first-order valence-corrected chi connectivity index (χ1v) is 14.6. The second-order valence-corrected chi connectivity index (χ2v) is 10.6. The molecule has 0 fully saturated rings. The summed E-state index contributed by atoms with van der Waals surface area (Å²) in [5.74, 6) is -0.684. The smallest absolute Gasteiger partial charge is 0.338 e. The summed E-state index contributed by atoms with van der Waals surface area (Å²) in [6.45, 7) is 3.45. The molecule has 224 valence electrons. The summed E-state index contributed by atoms with van der Waals surface area (Å²) in [6, 6.07) is 32.4. The van der Waals surface area contributed by atoms with Crippen LogP contribution in [0.2, 0.25) is 0 Å². The number of hydrogen-bond acceptors (Lipinski definition) is 6. The van der Waals surface area contributed by atoms with Gasteiger partial charge >= 0.3 is 5.97 Å². The Balaban J connectivity index is 1.33. The van der Waals surface area contributed by atoms with Gasteiger partial charge in [0.15, 0.2) is 0 Å². The van der Waals surface area contributed by atoms with Crippen LogP contribution in [0.1, 0.15) is 40.4 Å². The van der Waals surface area contributed by atoms with Gasteiger partial charge in [-0.2, -0.15) is 0 Å². The van der Waals surface area contributed by atoms with Crippen LogP contribution in [0.4, 0.5) is 17.1 Å². The van der Waals surface area contributed by atoms with E-state index >= 15 is 0 Å². The monoisotopic (exact) mass is 588 g/mol. The molecule has 4 aromatic rings. The van der Waals surface area contributed by atoms with Gasteiger partial charge in [0.2, 0.25) is 5.91 Å². The Morgan fingerprint density at radius 3 is 2.20 bits per heavy atom. The van der Waals surface area contributed by atoms with Gasteiger partial charge in [-0.3, -0.25) is 9.59 Å². The number of rotatable bonds is 11. The molecule has 4 aromatic carbocycles. The number of benzene rings is 4. The molecule has 2 N–H and O–H groups in total. The van der Waals surface area contributed by atoms with Crippen molar-refractivity contribution in [1.82, 2.24) is 4.90 Å². The second kappa shape index (κ2) is 13.8. The standard InChI is InChI=1S/C36H36N4O4/c1-4-44-36(43)27-15-20-30-31(23-27)38-35(42)33(30)34(26-13-9-6-10-14-26)37-28-16-18-29(19-17-28)40(3)32(41)21-22-39(2)24-25-11-7-5-8-12-25/h5-20,23,37H,4,21-22,24H2,1-3H3,(H,38,42)/b34-33-. The van der Waals surface area contributed by atoms with E-state index in [1.807, 2.05) is 79.8 Å². The lowest BCUT2D eigenvalue weighted by atomic mass is 9.99. The minimum absolute atomic E-state index is 0.0270. The maximum atomic E-state index is 13.3. The first-order valence-electron chi connectivity index (χ1n) is 14.6. The molecule has 1 heterocycles. The lowest BCUT2D eigenvalue weighted by Crippen LogP contribution is -2.30. The Labute approximate surface area is 258 Å².